The van der Waals surface area contributed by atoms with Gasteiger partial charge in [0.1, 0.15) is 16.4 Å². The largest absolute Gasteiger partial charge is 0.497 e. The molecule has 0 radical (unpaired) electrons. The smallest absolute Gasteiger partial charge is 0.230 e. The number of hydrogen-bond donors (Lipinski definition) is 1. The van der Waals surface area contributed by atoms with Crippen molar-refractivity contribution >= 4 is 44.9 Å². The molecule has 0 aliphatic heterocycles. The highest BCUT2D eigenvalue weighted by Gasteiger charge is 2.32. The lowest BCUT2D eigenvalue weighted by atomic mass is 9.89. The minimum Gasteiger partial charge on any atom is -0.497 e. The number of thiophene rings is 1. The highest BCUT2D eigenvalue weighted by atomic mass is 32.2. The lowest BCUT2D eigenvalue weighted by Crippen LogP contribution is -2.24. The SMILES string of the molecule is COc1ccc(CNC(=O)CSc2nnc3c4c5c(sc4nc(C4CC4)n23)C[C@H](C)CC5)cc1. The van der Waals surface area contributed by atoms with Crippen molar-refractivity contribution in [3.63, 3.8) is 0 Å². The summed E-state index contributed by atoms with van der Waals surface area (Å²) in [5, 5.41) is 14.1. The van der Waals surface area contributed by atoms with E-state index >= 15 is 0 Å². The molecule has 1 saturated carbocycles. The standard InChI is InChI=1S/C25H27N5O2S2/c1-14-3-10-18-19(11-14)34-24-21(18)23-28-29-25(30(23)22(27-24)16-6-7-16)33-13-20(31)26-12-15-4-8-17(32-2)9-5-15/h4-5,8-9,14,16H,3,6-7,10-13H2,1-2H3,(H,26,31)/t14-/m1/s1. The number of hydrogen-bond acceptors (Lipinski definition) is 7. The Balaban J connectivity index is 1.24. The molecule has 1 fully saturated rings. The number of nitrogens with zero attached hydrogens (tertiary/aromatic N) is 4. The van der Waals surface area contributed by atoms with Crippen LogP contribution in [0.15, 0.2) is 29.4 Å². The number of rotatable bonds is 7. The van der Waals surface area contributed by atoms with Gasteiger partial charge < -0.3 is 10.1 Å². The second-order valence-electron chi connectivity index (χ2n) is 9.33. The van der Waals surface area contributed by atoms with Crippen LogP contribution in [0.5, 0.6) is 5.75 Å². The third kappa shape index (κ3) is 4.05. The molecule has 4 aromatic rings. The Morgan fingerprint density at radius 1 is 1.24 bits per heavy atom. The van der Waals surface area contributed by atoms with E-state index in [1.807, 2.05) is 35.6 Å². The number of ether oxygens (including phenoxy) is 1. The molecule has 0 unspecified atom stereocenters. The van der Waals surface area contributed by atoms with E-state index < -0.39 is 0 Å². The maximum absolute atomic E-state index is 12.6. The molecule has 1 aromatic carbocycles. The molecule has 7 nitrogen and oxygen atoms in total. The second kappa shape index (κ2) is 8.85. The summed E-state index contributed by atoms with van der Waals surface area (Å²) in [5.74, 6) is 3.31. The van der Waals surface area contributed by atoms with Crippen LogP contribution in [0.3, 0.4) is 0 Å². The van der Waals surface area contributed by atoms with Gasteiger partial charge in [0.2, 0.25) is 5.91 Å². The van der Waals surface area contributed by atoms with Gasteiger partial charge in [-0.05, 0) is 61.3 Å². The lowest BCUT2D eigenvalue weighted by molar-refractivity contribution is -0.118. The van der Waals surface area contributed by atoms with Gasteiger partial charge >= 0.3 is 0 Å². The first kappa shape index (κ1) is 21.9. The Bertz CT molecular complexity index is 1370. The molecule has 1 N–H and O–H groups in total. The Labute approximate surface area is 206 Å². The summed E-state index contributed by atoms with van der Waals surface area (Å²) in [5.41, 5.74) is 3.37. The van der Waals surface area contributed by atoms with Crippen molar-refractivity contribution < 1.29 is 9.53 Å². The Kier molecular flexibility index (Phi) is 5.69. The van der Waals surface area contributed by atoms with E-state index in [0.717, 1.165) is 64.4 Å². The number of amides is 1. The van der Waals surface area contributed by atoms with Gasteiger partial charge in [0.05, 0.1) is 18.2 Å². The molecule has 2 aliphatic rings. The lowest BCUT2D eigenvalue weighted by Gasteiger charge is -2.17. The number of carbonyl (C=O) groups is 1. The highest BCUT2D eigenvalue weighted by Crippen LogP contribution is 2.44. The van der Waals surface area contributed by atoms with Crippen molar-refractivity contribution in [3.05, 3.63) is 46.1 Å². The van der Waals surface area contributed by atoms with Crippen molar-refractivity contribution in [2.24, 2.45) is 5.92 Å². The molecule has 1 amide bonds. The van der Waals surface area contributed by atoms with Gasteiger partial charge in [-0.1, -0.05) is 30.8 Å². The van der Waals surface area contributed by atoms with Gasteiger partial charge in [-0.2, -0.15) is 0 Å². The molecule has 0 saturated heterocycles. The molecule has 6 rings (SSSR count). The van der Waals surface area contributed by atoms with Crippen LogP contribution in [-0.2, 0) is 24.2 Å². The molecule has 34 heavy (non-hydrogen) atoms. The summed E-state index contributed by atoms with van der Waals surface area (Å²) in [4.78, 5) is 20.3. The van der Waals surface area contributed by atoms with Gasteiger partial charge in [-0.15, -0.1) is 21.5 Å². The topological polar surface area (TPSA) is 81.4 Å². The third-order valence-corrected chi connectivity index (χ3v) is 8.80. The fraction of sp³-hybridized carbons (Fsp3) is 0.440. The van der Waals surface area contributed by atoms with E-state index in [-0.39, 0.29) is 5.91 Å². The molecular weight excluding hydrogens is 466 g/mol. The maximum Gasteiger partial charge on any atom is 0.230 e. The molecule has 176 valence electrons. The Hall–Kier alpha value is -2.65. The molecular formula is C25H27N5O2S2. The van der Waals surface area contributed by atoms with Crippen molar-refractivity contribution in [2.75, 3.05) is 12.9 Å². The third-order valence-electron chi connectivity index (χ3n) is 6.72. The number of thioether (sulfide) groups is 1. The molecule has 0 spiro atoms. The van der Waals surface area contributed by atoms with Crippen LogP contribution >= 0.6 is 23.1 Å². The van der Waals surface area contributed by atoms with E-state index in [4.69, 9.17) is 9.72 Å². The van der Waals surface area contributed by atoms with E-state index in [0.29, 0.717) is 18.2 Å². The molecule has 2 aliphatic carbocycles. The fourth-order valence-corrected chi connectivity index (χ4v) is 6.83. The Morgan fingerprint density at radius 2 is 2.06 bits per heavy atom. The molecule has 1 atom stereocenters. The van der Waals surface area contributed by atoms with Crippen molar-refractivity contribution in [1.82, 2.24) is 24.9 Å². The van der Waals surface area contributed by atoms with Crippen LogP contribution in [-0.4, -0.2) is 38.4 Å². The van der Waals surface area contributed by atoms with Gasteiger partial charge in [-0.3, -0.25) is 9.20 Å². The molecule has 9 heteroatoms. The number of methoxy groups -OCH3 is 1. The summed E-state index contributed by atoms with van der Waals surface area (Å²) in [6, 6.07) is 7.71. The number of carbonyl (C=O) groups excluding carboxylic acids is 1. The zero-order valence-corrected chi connectivity index (χ0v) is 21.0. The maximum atomic E-state index is 12.6. The number of aryl methyl sites for hydroxylation is 1. The highest BCUT2D eigenvalue weighted by molar-refractivity contribution is 7.99. The van der Waals surface area contributed by atoms with Gasteiger partial charge in [-0.25, -0.2) is 4.98 Å². The fourth-order valence-electron chi connectivity index (χ4n) is 4.67. The summed E-state index contributed by atoms with van der Waals surface area (Å²) in [6.07, 6.45) is 5.73. The van der Waals surface area contributed by atoms with Crippen LogP contribution in [0.4, 0.5) is 0 Å². The van der Waals surface area contributed by atoms with E-state index in [1.165, 1.54) is 34.0 Å². The van der Waals surface area contributed by atoms with Crippen molar-refractivity contribution in [2.45, 2.75) is 56.6 Å². The minimum atomic E-state index is -0.0264. The number of aromatic nitrogens is 4. The Morgan fingerprint density at radius 3 is 2.82 bits per heavy atom. The molecule has 3 heterocycles. The van der Waals surface area contributed by atoms with Crippen LogP contribution in [0, 0.1) is 5.92 Å². The quantitative estimate of drug-likeness (QED) is 0.374. The van der Waals surface area contributed by atoms with E-state index in [1.54, 1.807) is 7.11 Å². The van der Waals surface area contributed by atoms with Gasteiger partial charge in [0.15, 0.2) is 10.8 Å². The average molecular weight is 494 g/mol. The average Bonchev–Trinajstić information content (AvgIpc) is 3.51. The first-order valence-electron chi connectivity index (χ1n) is 11.8. The molecule has 0 bridgehead atoms. The van der Waals surface area contributed by atoms with Crippen LogP contribution < -0.4 is 10.1 Å². The van der Waals surface area contributed by atoms with Gasteiger partial charge in [0, 0.05) is 17.3 Å². The first-order valence-corrected chi connectivity index (χ1v) is 13.6. The predicted molar refractivity (Wildman–Crippen MR) is 135 cm³/mol. The summed E-state index contributed by atoms with van der Waals surface area (Å²) in [7, 11) is 1.64. The predicted octanol–water partition coefficient (Wildman–Crippen LogP) is 4.76. The summed E-state index contributed by atoms with van der Waals surface area (Å²) < 4.78 is 7.32. The van der Waals surface area contributed by atoms with Crippen molar-refractivity contribution in [1.29, 1.82) is 0 Å². The van der Waals surface area contributed by atoms with Gasteiger partial charge in [0.25, 0.3) is 0 Å². The first-order chi connectivity index (χ1) is 16.6. The van der Waals surface area contributed by atoms with Crippen LogP contribution in [0.2, 0.25) is 0 Å². The summed E-state index contributed by atoms with van der Waals surface area (Å²) >= 11 is 3.28. The normalized spacial score (nSPS) is 17.8. The minimum absolute atomic E-state index is 0.0264. The number of nitrogens with one attached hydrogen (secondary N) is 1. The monoisotopic (exact) mass is 493 g/mol. The van der Waals surface area contributed by atoms with Crippen LogP contribution in [0.1, 0.15) is 53.9 Å². The zero-order valence-electron chi connectivity index (χ0n) is 19.3. The molecule has 3 aromatic heterocycles. The zero-order chi connectivity index (χ0) is 23.2. The van der Waals surface area contributed by atoms with Crippen molar-refractivity contribution in [3.8, 4) is 5.75 Å². The van der Waals surface area contributed by atoms with Crippen LogP contribution in [0.25, 0.3) is 15.9 Å². The second-order valence-corrected chi connectivity index (χ2v) is 11.4. The number of fused-ring (bicyclic) bond motifs is 5. The number of benzene rings is 1. The van der Waals surface area contributed by atoms with E-state index in [9.17, 15) is 4.79 Å². The summed E-state index contributed by atoms with van der Waals surface area (Å²) in [6.45, 7) is 2.82. The van der Waals surface area contributed by atoms with E-state index in [2.05, 4.69) is 26.8 Å².